The molecule has 3 rings (SSSR count). The smallest absolute Gasteiger partial charge is 0.243 e. The van der Waals surface area contributed by atoms with E-state index < -0.39 is 0 Å². The number of benzene rings is 1. The molecule has 1 N–H and O–H groups in total. The molecule has 2 aromatic heterocycles. The molecule has 0 spiro atoms. The van der Waals surface area contributed by atoms with Crippen LogP contribution in [0, 0.1) is 5.92 Å². The van der Waals surface area contributed by atoms with Crippen LogP contribution in [0.3, 0.4) is 0 Å². The first-order chi connectivity index (χ1) is 13.0. The molecule has 6 nitrogen and oxygen atoms in total. The van der Waals surface area contributed by atoms with Gasteiger partial charge in [-0.25, -0.2) is 0 Å². The average Bonchev–Trinajstić information content (AvgIpc) is 3.32. The Morgan fingerprint density at radius 2 is 1.96 bits per heavy atom. The van der Waals surface area contributed by atoms with Crippen molar-refractivity contribution in [1.29, 1.82) is 0 Å². The van der Waals surface area contributed by atoms with Crippen molar-refractivity contribution in [2.45, 2.75) is 32.7 Å². The molecule has 0 aliphatic rings. The van der Waals surface area contributed by atoms with Gasteiger partial charge >= 0.3 is 0 Å². The van der Waals surface area contributed by atoms with Crippen molar-refractivity contribution in [2.75, 3.05) is 6.54 Å². The molecular formula is C20H23ClN4O2. The predicted molar refractivity (Wildman–Crippen MR) is 104 cm³/mol. The second-order valence-corrected chi connectivity index (χ2v) is 7.22. The first-order valence-electron chi connectivity index (χ1n) is 9.02. The van der Waals surface area contributed by atoms with E-state index >= 15 is 0 Å². The van der Waals surface area contributed by atoms with Crippen LogP contribution >= 0.6 is 11.6 Å². The Bertz CT molecular complexity index is 874. The monoisotopic (exact) mass is 386 g/mol. The fourth-order valence-corrected chi connectivity index (χ4v) is 3.11. The third-order valence-electron chi connectivity index (χ3n) is 4.21. The lowest BCUT2D eigenvalue weighted by Gasteiger charge is -2.20. The summed E-state index contributed by atoms with van der Waals surface area (Å²) in [6, 6.07) is 11.0. The second kappa shape index (κ2) is 8.86. The van der Waals surface area contributed by atoms with Crippen LogP contribution in [0.1, 0.15) is 32.2 Å². The molecule has 142 valence electrons. The Hall–Kier alpha value is -2.60. The molecule has 0 radical (unpaired) electrons. The minimum atomic E-state index is -0.221. The first-order valence-corrected chi connectivity index (χ1v) is 9.40. The lowest BCUT2D eigenvalue weighted by molar-refractivity contribution is -0.124. The minimum absolute atomic E-state index is 0.00857. The van der Waals surface area contributed by atoms with Crippen LogP contribution < -0.4 is 5.32 Å². The quantitative estimate of drug-likeness (QED) is 0.631. The number of hydrogen-bond donors (Lipinski definition) is 1. The molecule has 27 heavy (non-hydrogen) atoms. The van der Waals surface area contributed by atoms with Crippen LogP contribution in [0.15, 0.2) is 53.3 Å². The van der Waals surface area contributed by atoms with Gasteiger partial charge < -0.3 is 14.4 Å². The molecular weight excluding hydrogens is 364 g/mol. The van der Waals surface area contributed by atoms with Crippen molar-refractivity contribution in [1.82, 2.24) is 20.0 Å². The summed E-state index contributed by atoms with van der Waals surface area (Å²) < 4.78 is 7.22. The maximum atomic E-state index is 12.6. The largest absolute Gasteiger partial charge is 0.354 e. The van der Waals surface area contributed by atoms with Gasteiger partial charge in [-0.2, -0.15) is 4.98 Å². The van der Waals surface area contributed by atoms with Crippen molar-refractivity contribution in [3.05, 3.63) is 59.7 Å². The maximum absolute atomic E-state index is 12.6. The standard InChI is InChI=1S/C20H23ClN4O2/c1-14(2)13-17(25-11-5-6-12-25)20(26)22-10-9-18-23-19(24-27-18)15-7-3-4-8-16(15)21/h3-8,11-12,14,17H,9-10,13H2,1-2H3,(H,22,26)/t17-/m1/s1. The van der Waals surface area contributed by atoms with Gasteiger partial charge in [0.15, 0.2) is 0 Å². The Morgan fingerprint density at radius 1 is 1.22 bits per heavy atom. The van der Waals surface area contributed by atoms with Gasteiger partial charge in [-0.1, -0.05) is 42.7 Å². The van der Waals surface area contributed by atoms with E-state index in [9.17, 15) is 4.79 Å². The van der Waals surface area contributed by atoms with Crippen LogP contribution in [0.25, 0.3) is 11.4 Å². The summed E-state index contributed by atoms with van der Waals surface area (Å²) in [5, 5.41) is 7.52. The van der Waals surface area contributed by atoms with E-state index in [0.717, 1.165) is 12.0 Å². The fraction of sp³-hybridized carbons (Fsp3) is 0.350. The third-order valence-corrected chi connectivity index (χ3v) is 4.54. The molecule has 1 amide bonds. The van der Waals surface area contributed by atoms with Gasteiger partial charge in [0.25, 0.3) is 0 Å². The van der Waals surface area contributed by atoms with Crippen LogP contribution in [-0.2, 0) is 11.2 Å². The van der Waals surface area contributed by atoms with Crippen LogP contribution in [0.5, 0.6) is 0 Å². The summed E-state index contributed by atoms with van der Waals surface area (Å²) in [4.78, 5) is 17.0. The summed E-state index contributed by atoms with van der Waals surface area (Å²) in [5.41, 5.74) is 0.725. The summed E-state index contributed by atoms with van der Waals surface area (Å²) in [7, 11) is 0. The summed E-state index contributed by atoms with van der Waals surface area (Å²) in [6.45, 7) is 4.65. The number of amides is 1. The van der Waals surface area contributed by atoms with Crippen LogP contribution in [-0.4, -0.2) is 27.2 Å². The maximum Gasteiger partial charge on any atom is 0.243 e. The van der Waals surface area contributed by atoms with Crippen molar-refractivity contribution >= 4 is 17.5 Å². The van der Waals surface area contributed by atoms with E-state index in [1.54, 1.807) is 6.07 Å². The number of rotatable bonds is 8. The normalized spacial score (nSPS) is 12.3. The van der Waals surface area contributed by atoms with Gasteiger partial charge in [-0.3, -0.25) is 4.79 Å². The van der Waals surface area contributed by atoms with Crippen molar-refractivity contribution in [3.8, 4) is 11.4 Å². The molecule has 0 aliphatic carbocycles. The molecule has 7 heteroatoms. The number of aromatic nitrogens is 3. The van der Waals surface area contributed by atoms with Gasteiger partial charge in [-0.15, -0.1) is 0 Å². The molecule has 0 bridgehead atoms. The first kappa shape index (κ1) is 19.2. The lowest BCUT2D eigenvalue weighted by Crippen LogP contribution is -2.34. The number of hydrogen-bond acceptors (Lipinski definition) is 4. The highest BCUT2D eigenvalue weighted by Gasteiger charge is 2.21. The zero-order valence-corrected chi connectivity index (χ0v) is 16.2. The van der Waals surface area contributed by atoms with E-state index in [0.29, 0.717) is 35.6 Å². The fourth-order valence-electron chi connectivity index (χ4n) is 2.89. The highest BCUT2D eigenvalue weighted by Crippen LogP contribution is 2.25. The second-order valence-electron chi connectivity index (χ2n) is 6.81. The Kier molecular flexibility index (Phi) is 6.29. The molecule has 0 unspecified atom stereocenters. The average molecular weight is 387 g/mol. The molecule has 1 atom stereocenters. The molecule has 0 saturated heterocycles. The number of carbonyl (C=O) groups is 1. The number of carbonyl (C=O) groups excluding carboxylic acids is 1. The molecule has 3 aromatic rings. The van der Waals surface area contributed by atoms with Gasteiger partial charge in [0.1, 0.15) is 6.04 Å². The van der Waals surface area contributed by atoms with Gasteiger partial charge in [0.2, 0.25) is 17.6 Å². The Balaban J connectivity index is 1.58. The van der Waals surface area contributed by atoms with Crippen molar-refractivity contribution in [3.63, 3.8) is 0 Å². The van der Waals surface area contributed by atoms with Gasteiger partial charge in [0, 0.05) is 30.9 Å². The highest BCUT2D eigenvalue weighted by atomic mass is 35.5. The minimum Gasteiger partial charge on any atom is -0.354 e. The summed E-state index contributed by atoms with van der Waals surface area (Å²) in [6.07, 6.45) is 5.07. The Labute approximate surface area is 163 Å². The predicted octanol–water partition coefficient (Wildman–Crippen LogP) is 4.14. The van der Waals surface area contributed by atoms with E-state index in [1.165, 1.54) is 0 Å². The molecule has 0 fully saturated rings. The third kappa shape index (κ3) is 4.98. The summed E-state index contributed by atoms with van der Waals surface area (Å²) >= 11 is 6.16. The molecule has 0 aliphatic heterocycles. The van der Waals surface area contributed by atoms with Crippen LogP contribution in [0.4, 0.5) is 0 Å². The topological polar surface area (TPSA) is 73.0 Å². The van der Waals surface area contributed by atoms with Crippen LogP contribution in [0.2, 0.25) is 5.02 Å². The highest BCUT2D eigenvalue weighted by molar-refractivity contribution is 6.33. The van der Waals surface area contributed by atoms with E-state index in [-0.39, 0.29) is 11.9 Å². The number of halogens is 1. The number of nitrogens with one attached hydrogen (secondary N) is 1. The summed E-state index contributed by atoms with van der Waals surface area (Å²) in [5.74, 6) is 1.32. The zero-order chi connectivity index (χ0) is 19.2. The SMILES string of the molecule is CC(C)C[C@H](C(=O)NCCc1nc(-c2ccccc2Cl)no1)n1cccc1. The van der Waals surface area contributed by atoms with Gasteiger partial charge in [0.05, 0.1) is 5.02 Å². The van der Waals surface area contributed by atoms with E-state index in [4.69, 9.17) is 16.1 Å². The van der Waals surface area contributed by atoms with Crippen molar-refractivity contribution in [2.24, 2.45) is 5.92 Å². The molecule has 1 aromatic carbocycles. The Morgan fingerprint density at radius 3 is 2.67 bits per heavy atom. The van der Waals surface area contributed by atoms with Gasteiger partial charge in [-0.05, 0) is 36.6 Å². The van der Waals surface area contributed by atoms with Crippen molar-refractivity contribution < 1.29 is 9.32 Å². The number of nitrogens with zero attached hydrogens (tertiary/aromatic N) is 3. The van der Waals surface area contributed by atoms with E-state index in [1.807, 2.05) is 47.3 Å². The van der Waals surface area contributed by atoms with E-state index in [2.05, 4.69) is 29.3 Å². The lowest BCUT2D eigenvalue weighted by atomic mass is 10.0. The molecule has 0 saturated carbocycles. The molecule has 2 heterocycles. The zero-order valence-electron chi connectivity index (χ0n) is 15.4.